The Bertz CT molecular complexity index is 280. The molecule has 0 radical (unpaired) electrons. The quantitative estimate of drug-likeness (QED) is 0.738. The molecule has 2 aliphatic heterocycles. The summed E-state index contributed by atoms with van der Waals surface area (Å²) in [5.41, 5.74) is 0. The Hall–Kier alpha value is 0.0969. The smallest absolute Gasteiger partial charge is 0.354 e. The molecule has 0 amide bonds. The lowest BCUT2D eigenvalue weighted by atomic mass is 10.0. The molecule has 0 aliphatic carbocycles. The first-order chi connectivity index (χ1) is 9.41. The van der Waals surface area contributed by atoms with E-state index in [1.165, 1.54) is 38.5 Å². The summed E-state index contributed by atoms with van der Waals surface area (Å²) in [5, 5.41) is 0. The molecule has 3 nitrogen and oxygen atoms in total. The molecule has 4 heteroatoms. The molecule has 2 aliphatic rings. The highest BCUT2D eigenvalue weighted by Gasteiger charge is 2.51. The minimum Gasteiger partial charge on any atom is -0.395 e. The molecule has 2 saturated heterocycles. The Morgan fingerprint density at radius 1 is 0.750 bits per heavy atom. The number of rotatable bonds is 3. The molecular formula is C16H34N2OSi. The van der Waals surface area contributed by atoms with Gasteiger partial charge in [0.15, 0.2) is 0 Å². The zero-order chi connectivity index (χ0) is 14.9. The van der Waals surface area contributed by atoms with Crippen LogP contribution < -0.4 is 0 Å². The molecule has 20 heavy (non-hydrogen) atoms. The highest BCUT2D eigenvalue weighted by atomic mass is 28.4. The molecule has 0 aromatic carbocycles. The van der Waals surface area contributed by atoms with Crippen LogP contribution in [-0.4, -0.2) is 49.0 Å². The fourth-order valence-electron chi connectivity index (χ4n) is 4.82. The van der Waals surface area contributed by atoms with E-state index in [2.05, 4.69) is 43.4 Å². The van der Waals surface area contributed by atoms with Gasteiger partial charge in [-0.05, 0) is 32.2 Å². The Morgan fingerprint density at radius 2 is 1.05 bits per heavy atom. The molecule has 2 fully saturated rings. The zero-order valence-electron chi connectivity index (χ0n) is 14.4. The van der Waals surface area contributed by atoms with E-state index < -0.39 is 8.64 Å². The maximum absolute atomic E-state index is 6.29. The van der Waals surface area contributed by atoms with Crippen molar-refractivity contribution in [2.75, 3.05) is 7.11 Å². The van der Waals surface area contributed by atoms with Crippen molar-refractivity contribution in [2.45, 2.75) is 96.9 Å². The summed E-state index contributed by atoms with van der Waals surface area (Å²) in [5.74, 6) is 0. The van der Waals surface area contributed by atoms with Gasteiger partial charge in [-0.3, -0.25) is 9.13 Å². The standard InChI is InChI=1S/C16H34N2OSi/c1-13-9-7-10-14(2)17(13)20(6,19-5)18-15(3)11-8-12-16(18)4/h13-16H,7-12H2,1-6H3/t13-,14+,15-,16+. The van der Waals surface area contributed by atoms with Crippen LogP contribution in [0.1, 0.15) is 66.2 Å². The molecule has 0 aromatic heterocycles. The normalized spacial score (nSPS) is 38.1. The Balaban J connectivity index is 2.30. The SMILES string of the molecule is CO[Si](C)(N1[C@H](C)CCC[C@@H]1C)N1[C@H](C)CCC[C@@H]1C. The first-order valence-electron chi connectivity index (χ1n) is 8.53. The van der Waals surface area contributed by atoms with Crippen LogP contribution >= 0.6 is 0 Å². The van der Waals surface area contributed by atoms with E-state index in [-0.39, 0.29) is 0 Å². The predicted octanol–water partition coefficient (Wildman–Crippen LogP) is 3.73. The summed E-state index contributed by atoms with van der Waals surface area (Å²) in [6, 6.07) is 2.65. The Morgan fingerprint density at radius 3 is 1.30 bits per heavy atom. The lowest BCUT2D eigenvalue weighted by molar-refractivity contribution is 0.0744. The molecule has 2 rings (SSSR count). The van der Waals surface area contributed by atoms with Gasteiger partial charge in [0.05, 0.1) is 0 Å². The van der Waals surface area contributed by atoms with Crippen LogP contribution in [0.5, 0.6) is 0 Å². The molecule has 0 unspecified atom stereocenters. The van der Waals surface area contributed by atoms with E-state index >= 15 is 0 Å². The third-order valence-corrected chi connectivity index (χ3v) is 10.2. The minimum absolute atomic E-state index is 0.664. The highest BCUT2D eigenvalue weighted by molar-refractivity contribution is 6.67. The molecule has 0 N–H and O–H groups in total. The Kier molecular flexibility index (Phi) is 5.33. The van der Waals surface area contributed by atoms with Crippen LogP contribution in [0, 0.1) is 0 Å². The first-order valence-corrected chi connectivity index (χ1v) is 10.8. The van der Waals surface area contributed by atoms with E-state index in [4.69, 9.17) is 4.43 Å². The lowest BCUT2D eigenvalue weighted by Gasteiger charge is -2.56. The second-order valence-corrected chi connectivity index (χ2v) is 10.5. The van der Waals surface area contributed by atoms with Gasteiger partial charge in [-0.1, -0.05) is 40.5 Å². The van der Waals surface area contributed by atoms with E-state index in [1.54, 1.807) is 0 Å². The molecule has 0 saturated carbocycles. The van der Waals surface area contributed by atoms with Crippen molar-refractivity contribution < 1.29 is 4.43 Å². The molecule has 0 aromatic rings. The van der Waals surface area contributed by atoms with Gasteiger partial charge >= 0.3 is 8.64 Å². The zero-order valence-corrected chi connectivity index (χ0v) is 15.4. The summed E-state index contributed by atoms with van der Waals surface area (Å²) in [7, 11) is -0.0547. The molecule has 0 bridgehead atoms. The predicted molar refractivity (Wildman–Crippen MR) is 87.9 cm³/mol. The lowest BCUT2D eigenvalue weighted by Crippen LogP contribution is -2.74. The van der Waals surface area contributed by atoms with Gasteiger partial charge in [0, 0.05) is 31.3 Å². The average molecular weight is 299 g/mol. The summed E-state index contributed by atoms with van der Waals surface area (Å²) >= 11 is 0. The van der Waals surface area contributed by atoms with Crippen LogP contribution in [0.2, 0.25) is 6.55 Å². The minimum atomic E-state index is -2.01. The molecule has 2 heterocycles. The van der Waals surface area contributed by atoms with Crippen molar-refractivity contribution in [1.29, 1.82) is 0 Å². The Labute approximate surface area is 126 Å². The number of piperidine rings is 2. The largest absolute Gasteiger partial charge is 0.395 e. The van der Waals surface area contributed by atoms with Crippen molar-refractivity contribution >= 4 is 8.64 Å². The fraction of sp³-hybridized carbons (Fsp3) is 1.00. The summed E-state index contributed by atoms with van der Waals surface area (Å²) < 4.78 is 11.8. The van der Waals surface area contributed by atoms with Gasteiger partial charge in [-0.15, -0.1) is 0 Å². The van der Waals surface area contributed by atoms with Crippen molar-refractivity contribution in [1.82, 2.24) is 9.13 Å². The number of hydrogen-bond acceptors (Lipinski definition) is 3. The van der Waals surface area contributed by atoms with Gasteiger partial charge in [-0.2, -0.15) is 0 Å². The maximum atomic E-state index is 6.29. The van der Waals surface area contributed by atoms with E-state index in [0.29, 0.717) is 24.2 Å². The molecule has 4 atom stereocenters. The van der Waals surface area contributed by atoms with Crippen LogP contribution in [0.3, 0.4) is 0 Å². The van der Waals surface area contributed by atoms with Crippen LogP contribution in [0.15, 0.2) is 0 Å². The van der Waals surface area contributed by atoms with Crippen molar-refractivity contribution in [3.8, 4) is 0 Å². The van der Waals surface area contributed by atoms with Gasteiger partial charge in [0.2, 0.25) is 0 Å². The van der Waals surface area contributed by atoms with Gasteiger partial charge < -0.3 is 4.43 Å². The van der Waals surface area contributed by atoms with Crippen LogP contribution in [0.25, 0.3) is 0 Å². The van der Waals surface area contributed by atoms with E-state index in [1.807, 2.05) is 7.11 Å². The topological polar surface area (TPSA) is 15.7 Å². The monoisotopic (exact) mass is 298 g/mol. The van der Waals surface area contributed by atoms with Gasteiger partial charge in [0.25, 0.3) is 0 Å². The van der Waals surface area contributed by atoms with Crippen LogP contribution in [0.4, 0.5) is 0 Å². The van der Waals surface area contributed by atoms with E-state index in [9.17, 15) is 0 Å². The molecule has 118 valence electrons. The van der Waals surface area contributed by atoms with Crippen molar-refractivity contribution in [2.24, 2.45) is 0 Å². The third-order valence-electron chi connectivity index (χ3n) is 5.73. The second kappa shape index (κ2) is 6.47. The average Bonchev–Trinajstić information content (AvgIpc) is 2.38. The highest BCUT2D eigenvalue weighted by Crippen LogP contribution is 2.36. The maximum Gasteiger partial charge on any atom is 0.354 e. The van der Waals surface area contributed by atoms with Gasteiger partial charge in [-0.25, -0.2) is 0 Å². The second-order valence-electron chi connectivity index (χ2n) is 7.21. The summed E-state index contributed by atoms with van der Waals surface area (Å²) in [4.78, 5) is 0. The van der Waals surface area contributed by atoms with Crippen LogP contribution in [-0.2, 0) is 4.43 Å². The molecule has 0 spiro atoms. The van der Waals surface area contributed by atoms with Gasteiger partial charge in [0.1, 0.15) is 0 Å². The van der Waals surface area contributed by atoms with Crippen molar-refractivity contribution in [3.05, 3.63) is 0 Å². The van der Waals surface area contributed by atoms with Crippen molar-refractivity contribution in [3.63, 3.8) is 0 Å². The summed E-state index contributed by atoms with van der Waals surface area (Å²) in [6.45, 7) is 12.0. The summed E-state index contributed by atoms with van der Waals surface area (Å²) in [6.07, 6.45) is 8.05. The molecular weight excluding hydrogens is 264 g/mol. The first kappa shape index (κ1) is 16.5. The number of hydrogen-bond donors (Lipinski definition) is 0. The van der Waals surface area contributed by atoms with E-state index in [0.717, 1.165) is 0 Å². The fourth-order valence-corrected chi connectivity index (χ4v) is 9.30. The number of nitrogens with zero attached hydrogens (tertiary/aromatic N) is 2. The third kappa shape index (κ3) is 2.85.